The van der Waals surface area contributed by atoms with Crippen LogP contribution < -0.4 is 10.1 Å². The van der Waals surface area contributed by atoms with E-state index in [2.05, 4.69) is 5.32 Å². The highest BCUT2D eigenvalue weighted by Crippen LogP contribution is 2.29. The van der Waals surface area contributed by atoms with Crippen molar-refractivity contribution in [2.24, 2.45) is 0 Å². The van der Waals surface area contributed by atoms with Crippen LogP contribution in [0.3, 0.4) is 0 Å². The molecule has 6 heteroatoms. The molecule has 0 aliphatic carbocycles. The second kappa shape index (κ2) is 6.45. The molecule has 2 aromatic carbocycles. The Balaban J connectivity index is 2.12. The molecule has 0 saturated carbocycles. The first-order chi connectivity index (χ1) is 10.0. The Morgan fingerprint density at radius 1 is 1.24 bits per heavy atom. The average molecular weight is 307 g/mol. The lowest BCUT2D eigenvalue weighted by molar-refractivity contribution is -0.384. The molecule has 2 rings (SSSR count). The van der Waals surface area contributed by atoms with Gasteiger partial charge >= 0.3 is 0 Å². The predicted molar refractivity (Wildman–Crippen MR) is 83.1 cm³/mol. The largest absolute Gasteiger partial charge is 0.495 e. The first-order valence-electron chi connectivity index (χ1n) is 6.35. The highest BCUT2D eigenvalue weighted by atomic mass is 35.5. The summed E-state index contributed by atoms with van der Waals surface area (Å²) in [7, 11) is 1.56. The van der Waals surface area contributed by atoms with Crippen molar-refractivity contribution in [3.05, 3.63) is 63.2 Å². The normalized spacial score (nSPS) is 11.8. The summed E-state index contributed by atoms with van der Waals surface area (Å²) in [6, 6.07) is 11.9. The van der Waals surface area contributed by atoms with E-state index in [1.165, 1.54) is 12.1 Å². The average Bonchev–Trinajstić information content (AvgIpc) is 2.47. The summed E-state index contributed by atoms with van der Waals surface area (Å²) < 4.78 is 5.10. The van der Waals surface area contributed by atoms with Crippen molar-refractivity contribution in [2.45, 2.75) is 13.0 Å². The number of nitrogens with one attached hydrogen (secondary N) is 1. The van der Waals surface area contributed by atoms with Crippen molar-refractivity contribution in [3.63, 3.8) is 0 Å². The second-order valence-corrected chi connectivity index (χ2v) is 4.97. The van der Waals surface area contributed by atoms with Gasteiger partial charge in [-0.05, 0) is 30.7 Å². The number of nitrogens with zero attached hydrogens (tertiary/aromatic N) is 1. The Morgan fingerprint density at radius 2 is 1.90 bits per heavy atom. The molecule has 0 radical (unpaired) electrons. The Labute approximate surface area is 127 Å². The van der Waals surface area contributed by atoms with Gasteiger partial charge in [0, 0.05) is 23.9 Å². The zero-order valence-electron chi connectivity index (χ0n) is 11.7. The van der Waals surface area contributed by atoms with E-state index in [-0.39, 0.29) is 11.7 Å². The molecule has 0 heterocycles. The fourth-order valence-electron chi connectivity index (χ4n) is 1.97. The molecule has 21 heavy (non-hydrogen) atoms. The molecule has 2 aromatic rings. The number of methoxy groups -OCH3 is 1. The molecule has 0 saturated heterocycles. The lowest BCUT2D eigenvalue weighted by Gasteiger charge is -2.16. The number of nitro groups is 1. The van der Waals surface area contributed by atoms with Gasteiger partial charge in [0.2, 0.25) is 0 Å². The van der Waals surface area contributed by atoms with Gasteiger partial charge in [0.05, 0.1) is 17.1 Å². The van der Waals surface area contributed by atoms with Crippen LogP contribution in [-0.2, 0) is 0 Å². The van der Waals surface area contributed by atoms with Gasteiger partial charge in [0.1, 0.15) is 5.75 Å². The van der Waals surface area contributed by atoms with Crippen molar-refractivity contribution in [1.82, 2.24) is 0 Å². The van der Waals surface area contributed by atoms with Gasteiger partial charge < -0.3 is 10.1 Å². The molecule has 0 amide bonds. The number of ether oxygens (including phenoxy) is 1. The second-order valence-electron chi connectivity index (χ2n) is 4.56. The first kappa shape index (κ1) is 15.1. The van der Waals surface area contributed by atoms with E-state index in [1.807, 2.05) is 13.0 Å². The van der Waals surface area contributed by atoms with Gasteiger partial charge in [0.15, 0.2) is 0 Å². The van der Waals surface area contributed by atoms with Crippen LogP contribution in [0.1, 0.15) is 18.5 Å². The van der Waals surface area contributed by atoms with Gasteiger partial charge in [-0.15, -0.1) is 0 Å². The number of rotatable bonds is 5. The first-order valence-corrected chi connectivity index (χ1v) is 6.73. The molecule has 1 unspecified atom stereocenters. The molecular weight excluding hydrogens is 292 g/mol. The highest BCUT2D eigenvalue weighted by Gasteiger charge is 2.10. The van der Waals surface area contributed by atoms with Crippen molar-refractivity contribution in [2.75, 3.05) is 12.4 Å². The van der Waals surface area contributed by atoms with Crippen LogP contribution in [0.2, 0.25) is 5.02 Å². The minimum absolute atomic E-state index is 0.00438. The van der Waals surface area contributed by atoms with Crippen LogP contribution in [0, 0.1) is 10.1 Å². The number of nitro benzene ring substituents is 1. The molecule has 0 bridgehead atoms. The van der Waals surface area contributed by atoms with Crippen LogP contribution in [0.4, 0.5) is 11.4 Å². The Hall–Kier alpha value is -2.27. The zero-order chi connectivity index (χ0) is 15.4. The Morgan fingerprint density at radius 3 is 2.43 bits per heavy atom. The van der Waals surface area contributed by atoms with E-state index in [0.717, 1.165) is 11.3 Å². The van der Waals surface area contributed by atoms with Crippen molar-refractivity contribution in [3.8, 4) is 5.75 Å². The molecule has 0 spiro atoms. The van der Waals surface area contributed by atoms with Crippen molar-refractivity contribution in [1.29, 1.82) is 0 Å². The van der Waals surface area contributed by atoms with E-state index in [9.17, 15) is 10.1 Å². The summed E-state index contributed by atoms with van der Waals surface area (Å²) in [4.78, 5) is 10.2. The SMILES string of the molecule is COc1ccc(NC(C)c2ccc([N+](=O)[O-])cc2)cc1Cl. The highest BCUT2D eigenvalue weighted by molar-refractivity contribution is 6.32. The number of hydrogen-bond donors (Lipinski definition) is 1. The van der Waals surface area contributed by atoms with Crippen LogP contribution in [0.15, 0.2) is 42.5 Å². The molecule has 1 N–H and O–H groups in total. The molecule has 0 fully saturated rings. The quantitative estimate of drug-likeness (QED) is 0.655. The lowest BCUT2D eigenvalue weighted by Crippen LogP contribution is -2.06. The molecule has 5 nitrogen and oxygen atoms in total. The third-order valence-electron chi connectivity index (χ3n) is 3.14. The summed E-state index contributed by atoms with van der Waals surface area (Å²) in [5, 5.41) is 14.4. The minimum atomic E-state index is -0.412. The number of anilines is 1. The summed E-state index contributed by atoms with van der Waals surface area (Å²) in [6.07, 6.45) is 0. The topological polar surface area (TPSA) is 64.4 Å². The zero-order valence-corrected chi connectivity index (χ0v) is 12.4. The molecular formula is C15H15ClN2O3. The fraction of sp³-hybridized carbons (Fsp3) is 0.200. The molecule has 0 aliphatic heterocycles. The maximum atomic E-state index is 10.6. The van der Waals surface area contributed by atoms with Gasteiger partial charge in [-0.3, -0.25) is 10.1 Å². The van der Waals surface area contributed by atoms with E-state index >= 15 is 0 Å². The standard InChI is InChI=1S/C15H15ClN2O3/c1-10(11-3-6-13(7-4-11)18(19)20)17-12-5-8-15(21-2)14(16)9-12/h3-10,17H,1-2H3. The van der Waals surface area contributed by atoms with Gasteiger partial charge in [0.25, 0.3) is 5.69 Å². The minimum Gasteiger partial charge on any atom is -0.495 e. The molecule has 0 aromatic heterocycles. The van der Waals surface area contributed by atoms with E-state index < -0.39 is 4.92 Å². The maximum absolute atomic E-state index is 10.6. The van der Waals surface area contributed by atoms with Crippen LogP contribution in [0.5, 0.6) is 5.75 Å². The number of hydrogen-bond acceptors (Lipinski definition) is 4. The molecule has 0 aliphatic rings. The van der Waals surface area contributed by atoms with E-state index in [0.29, 0.717) is 10.8 Å². The lowest BCUT2D eigenvalue weighted by atomic mass is 10.1. The van der Waals surface area contributed by atoms with Crippen LogP contribution in [0.25, 0.3) is 0 Å². The predicted octanol–water partition coefficient (Wildman–Crippen LogP) is 4.43. The van der Waals surface area contributed by atoms with Gasteiger partial charge in [-0.25, -0.2) is 0 Å². The third kappa shape index (κ3) is 3.64. The smallest absolute Gasteiger partial charge is 0.269 e. The Kier molecular flexibility index (Phi) is 4.65. The van der Waals surface area contributed by atoms with Crippen LogP contribution >= 0.6 is 11.6 Å². The fourth-order valence-corrected chi connectivity index (χ4v) is 2.23. The summed E-state index contributed by atoms with van der Waals surface area (Å²) in [5.41, 5.74) is 1.89. The molecule has 110 valence electrons. The van der Waals surface area contributed by atoms with Gasteiger partial charge in [-0.1, -0.05) is 23.7 Å². The monoisotopic (exact) mass is 306 g/mol. The number of non-ortho nitro benzene ring substituents is 1. The number of halogens is 1. The van der Waals surface area contributed by atoms with E-state index in [4.69, 9.17) is 16.3 Å². The van der Waals surface area contributed by atoms with Crippen LogP contribution in [-0.4, -0.2) is 12.0 Å². The Bertz CT molecular complexity index is 644. The third-order valence-corrected chi connectivity index (χ3v) is 3.43. The molecule has 1 atom stereocenters. The summed E-state index contributed by atoms with van der Waals surface area (Å²) in [6.45, 7) is 1.97. The van der Waals surface area contributed by atoms with Crippen molar-refractivity contribution < 1.29 is 9.66 Å². The number of benzene rings is 2. The maximum Gasteiger partial charge on any atom is 0.269 e. The summed E-state index contributed by atoms with van der Waals surface area (Å²) >= 11 is 6.07. The van der Waals surface area contributed by atoms with E-state index in [1.54, 1.807) is 31.4 Å². The van der Waals surface area contributed by atoms with Gasteiger partial charge in [-0.2, -0.15) is 0 Å². The summed E-state index contributed by atoms with van der Waals surface area (Å²) in [5.74, 6) is 0.616. The van der Waals surface area contributed by atoms with Crippen molar-refractivity contribution >= 4 is 23.0 Å².